The van der Waals surface area contributed by atoms with Crippen LogP contribution in [0.25, 0.3) is 5.69 Å². The maximum atomic E-state index is 10.5. The molecule has 8 heteroatoms. The maximum Gasteiger partial charge on any atom is 0.191 e. The monoisotopic (exact) mass is 501 g/mol. The molecule has 1 aromatic carbocycles. The van der Waals surface area contributed by atoms with Crippen molar-refractivity contribution in [1.82, 2.24) is 20.4 Å². The smallest absolute Gasteiger partial charge is 0.191 e. The van der Waals surface area contributed by atoms with Crippen molar-refractivity contribution in [3.05, 3.63) is 48.3 Å². The Labute approximate surface area is 182 Å². The van der Waals surface area contributed by atoms with Gasteiger partial charge in [0.2, 0.25) is 0 Å². The van der Waals surface area contributed by atoms with Gasteiger partial charge in [-0.1, -0.05) is 12.1 Å². The van der Waals surface area contributed by atoms with Gasteiger partial charge in [0, 0.05) is 24.7 Å². The number of thioether (sulfide) groups is 1. The van der Waals surface area contributed by atoms with E-state index in [1.165, 1.54) is 0 Å². The lowest BCUT2D eigenvalue weighted by Gasteiger charge is -2.22. The summed E-state index contributed by atoms with van der Waals surface area (Å²) in [7, 11) is 0. The highest BCUT2D eigenvalue weighted by Gasteiger charge is 2.31. The van der Waals surface area contributed by atoms with Gasteiger partial charge in [0.1, 0.15) is 0 Å². The van der Waals surface area contributed by atoms with E-state index in [-0.39, 0.29) is 30.0 Å². The second-order valence-corrected chi connectivity index (χ2v) is 7.74. The Balaban J connectivity index is 0.00000261. The van der Waals surface area contributed by atoms with Gasteiger partial charge in [-0.3, -0.25) is 4.99 Å². The highest BCUT2D eigenvalue weighted by atomic mass is 127. The van der Waals surface area contributed by atoms with Gasteiger partial charge in [-0.2, -0.15) is 16.9 Å². The van der Waals surface area contributed by atoms with Crippen LogP contribution in [-0.4, -0.2) is 51.0 Å². The first-order valence-corrected chi connectivity index (χ1v) is 10.2. The van der Waals surface area contributed by atoms with Crippen molar-refractivity contribution >= 4 is 41.7 Å². The average Bonchev–Trinajstić information content (AvgIpc) is 3.32. The summed E-state index contributed by atoms with van der Waals surface area (Å²) in [4.78, 5) is 4.62. The molecule has 6 nitrogen and oxygen atoms in total. The maximum absolute atomic E-state index is 10.5. The number of aliphatic hydroxyl groups is 1. The zero-order chi connectivity index (χ0) is 18.4. The van der Waals surface area contributed by atoms with Crippen LogP contribution in [0.15, 0.2) is 47.7 Å². The number of aromatic nitrogens is 2. The molecule has 1 aromatic heterocycles. The summed E-state index contributed by atoms with van der Waals surface area (Å²) in [6.45, 7) is 5.35. The summed E-state index contributed by atoms with van der Waals surface area (Å²) in [6.07, 6.45) is 4.52. The number of halogens is 1. The van der Waals surface area contributed by atoms with E-state index < -0.39 is 5.60 Å². The summed E-state index contributed by atoms with van der Waals surface area (Å²) in [6, 6.07) is 10.3. The molecule has 0 bridgehead atoms. The van der Waals surface area contributed by atoms with E-state index in [9.17, 15) is 5.11 Å². The van der Waals surface area contributed by atoms with E-state index in [0.717, 1.165) is 41.7 Å². The molecule has 27 heavy (non-hydrogen) atoms. The minimum Gasteiger partial charge on any atom is -0.387 e. The van der Waals surface area contributed by atoms with Crippen LogP contribution in [0.4, 0.5) is 0 Å². The minimum absolute atomic E-state index is 0. The Morgan fingerprint density at radius 3 is 2.96 bits per heavy atom. The summed E-state index contributed by atoms with van der Waals surface area (Å²) >= 11 is 1.79. The Morgan fingerprint density at radius 2 is 2.30 bits per heavy atom. The molecule has 2 unspecified atom stereocenters. The van der Waals surface area contributed by atoms with Gasteiger partial charge in [-0.15, -0.1) is 24.0 Å². The second-order valence-electron chi connectivity index (χ2n) is 6.63. The Bertz CT molecular complexity index is 731. The first-order chi connectivity index (χ1) is 12.6. The summed E-state index contributed by atoms with van der Waals surface area (Å²) < 4.78 is 1.85. The SMILES string of the molecule is CCNC(=NCC1(O)CCSC1)NC(C)c1cccc(-n2cccn2)c1.I. The molecule has 0 aliphatic carbocycles. The van der Waals surface area contributed by atoms with Crippen LogP contribution >= 0.6 is 35.7 Å². The normalized spacial score (nSPS) is 20.8. The standard InChI is InChI=1S/C19H27N5OS.HI/c1-3-20-18(21-13-19(25)8-11-26-14-19)23-15(2)16-6-4-7-17(12-16)24-10-5-9-22-24;/h4-7,9-10,12,15,25H,3,8,11,13-14H2,1-2H3,(H2,20,21,23);1H. The summed E-state index contributed by atoms with van der Waals surface area (Å²) in [5.41, 5.74) is 1.51. The van der Waals surface area contributed by atoms with Crippen LogP contribution in [0, 0.1) is 0 Å². The first-order valence-electron chi connectivity index (χ1n) is 9.04. The van der Waals surface area contributed by atoms with Crippen molar-refractivity contribution in [3.8, 4) is 5.69 Å². The number of benzene rings is 1. The Morgan fingerprint density at radius 1 is 1.44 bits per heavy atom. The molecule has 3 N–H and O–H groups in total. The van der Waals surface area contributed by atoms with E-state index in [0.29, 0.717) is 6.54 Å². The molecular formula is C19H28IN5OS. The van der Waals surface area contributed by atoms with Gasteiger partial charge in [0.15, 0.2) is 5.96 Å². The van der Waals surface area contributed by atoms with Crippen molar-refractivity contribution in [2.24, 2.45) is 4.99 Å². The lowest BCUT2D eigenvalue weighted by atomic mass is 10.0. The predicted octanol–water partition coefficient (Wildman–Crippen LogP) is 2.97. The molecule has 0 radical (unpaired) electrons. The molecule has 2 atom stereocenters. The van der Waals surface area contributed by atoms with Crippen molar-refractivity contribution in [1.29, 1.82) is 0 Å². The van der Waals surface area contributed by atoms with E-state index in [2.05, 4.69) is 39.8 Å². The van der Waals surface area contributed by atoms with Gasteiger partial charge in [0.25, 0.3) is 0 Å². The van der Waals surface area contributed by atoms with E-state index in [1.807, 2.05) is 36.0 Å². The van der Waals surface area contributed by atoms with Crippen LogP contribution < -0.4 is 10.6 Å². The molecule has 1 fully saturated rings. The van der Waals surface area contributed by atoms with Crippen molar-refractivity contribution in [3.63, 3.8) is 0 Å². The third kappa shape index (κ3) is 6.11. The van der Waals surface area contributed by atoms with Gasteiger partial charge in [-0.05, 0) is 49.8 Å². The van der Waals surface area contributed by atoms with E-state index in [1.54, 1.807) is 18.0 Å². The lowest BCUT2D eigenvalue weighted by molar-refractivity contribution is 0.0778. The van der Waals surface area contributed by atoms with E-state index >= 15 is 0 Å². The molecule has 2 heterocycles. The lowest BCUT2D eigenvalue weighted by Crippen LogP contribution is -2.41. The van der Waals surface area contributed by atoms with Gasteiger partial charge in [0.05, 0.1) is 23.9 Å². The highest BCUT2D eigenvalue weighted by molar-refractivity contribution is 14.0. The average molecular weight is 501 g/mol. The number of hydrogen-bond donors (Lipinski definition) is 3. The van der Waals surface area contributed by atoms with Gasteiger partial charge < -0.3 is 15.7 Å². The molecule has 1 aliphatic heterocycles. The molecule has 2 aromatic rings. The molecule has 148 valence electrons. The fourth-order valence-electron chi connectivity index (χ4n) is 2.91. The number of nitrogens with zero attached hydrogens (tertiary/aromatic N) is 3. The largest absolute Gasteiger partial charge is 0.387 e. The molecule has 1 aliphatic rings. The fraction of sp³-hybridized carbons (Fsp3) is 0.474. The van der Waals surface area contributed by atoms with Crippen molar-refractivity contribution in [2.45, 2.75) is 31.9 Å². The van der Waals surface area contributed by atoms with Gasteiger partial charge in [-0.25, -0.2) is 4.68 Å². The zero-order valence-electron chi connectivity index (χ0n) is 15.8. The summed E-state index contributed by atoms with van der Waals surface area (Å²) in [5, 5.41) is 21.5. The fourth-order valence-corrected chi connectivity index (χ4v) is 4.20. The molecule has 0 amide bonds. The third-order valence-electron chi connectivity index (χ3n) is 4.45. The Hall–Kier alpha value is -1.26. The number of aliphatic imine (C=N–C) groups is 1. The van der Waals surface area contributed by atoms with Crippen LogP contribution in [0.3, 0.4) is 0 Å². The quantitative estimate of drug-likeness (QED) is 0.323. The minimum atomic E-state index is -0.670. The zero-order valence-corrected chi connectivity index (χ0v) is 18.9. The molecule has 0 spiro atoms. The summed E-state index contributed by atoms with van der Waals surface area (Å²) in [5.74, 6) is 2.50. The van der Waals surface area contributed by atoms with Crippen molar-refractivity contribution in [2.75, 3.05) is 24.6 Å². The number of nitrogens with one attached hydrogen (secondary N) is 2. The number of guanidine groups is 1. The third-order valence-corrected chi connectivity index (χ3v) is 5.68. The molecular weight excluding hydrogens is 473 g/mol. The highest BCUT2D eigenvalue weighted by Crippen LogP contribution is 2.27. The molecule has 1 saturated heterocycles. The second kappa shape index (κ2) is 10.3. The topological polar surface area (TPSA) is 74.5 Å². The van der Waals surface area contributed by atoms with Gasteiger partial charge >= 0.3 is 0 Å². The first kappa shape index (κ1) is 22.0. The molecule has 3 rings (SSSR count). The van der Waals surface area contributed by atoms with E-state index in [4.69, 9.17) is 0 Å². The number of rotatable bonds is 6. The van der Waals surface area contributed by atoms with Crippen LogP contribution in [-0.2, 0) is 0 Å². The Kier molecular flexibility index (Phi) is 8.43. The van der Waals surface area contributed by atoms with Crippen molar-refractivity contribution < 1.29 is 5.11 Å². The predicted molar refractivity (Wildman–Crippen MR) is 123 cm³/mol. The van der Waals surface area contributed by atoms with Crippen LogP contribution in [0.1, 0.15) is 31.9 Å². The number of hydrogen-bond acceptors (Lipinski definition) is 4. The molecule has 0 saturated carbocycles. The van der Waals surface area contributed by atoms with Crippen LogP contribution in [0.2, 0.25) is 0 Å². The van der Waals surface area contributed by atoms with Crippen LogP contribution in [0.5, 0.6) is 0 Å².